The van der Waals surface area contributed by atoms with Crippen molar-refractivity contribution in [3.8, 4) is 0 Å². The van der Waals surface area contributed by atoms with E-state index in [0.29, 0.717) is 18.3 Å². The second-order valence-corrected chi connectivity index (χ2v) is 3.79. The van der Waals surface area contributed by atoms with Crippen LogP contribution in [0.2, 0.25) is 0 Å². The predicted molar refractivity (Wildman–Crippen MR) is 46.1 cm³/mol. The molecule has 0 aliphatic rings. The SMILES string of the molecule is CC(C)CC(C)CCC(O)O. The van der Waals surface area contributed by atoms with Crippen molar-refractivity contribution in [3.05, 3.63) is 0 Å². The Bertz CT molecular complexity index is 89.6. The minimum Gasteiger partial charge on any atom is -0.368 e. The summed E-state index contributed by atoms with van der Waals surface area (Å²) < 4.78 is 0. The Labute approximate surface area is 69.2 Å². The molecule has 0 radical (unpaired) electrons. The number of hydrogen-bond donors (Lipinski definition) is 2. The molecule has 0 aliphatic heterocycles. The van der Waals surface area contributed by atoms with Crippen LogP contribution in [0.15, 0.2) is 0 Å². The molecule has 0 amide bonds. The summed E-state index contributed by atoms with van der Waals surface area (Å²) in [6.07, 6.45) is 1.47. The zero-order valence-corrected chi connectivity index (χ0v) is 7.75. The summed E-state index contributed by atoms with van der Waals surface area (Å²) in [7, 11) is 0. The lowest BCUT2D eigenvalue weighted by molar-refractivity contribution is -0.0489. The van der Waals surface area contributed by atoms with Crippen molar-refractivity contribution in [2.75, 3.05) is 0 Å². The van der Waals surface area contributed by atoms with E-state index in [4.69, 9.17) is 10.2 Å². The van der Waals surface area contributed by atoms with Crippen molar-refractivity contribution in [2.45, 2.75) is 46.3 Å². The molecule has 0 spiro atoms. The largest absolute Gasteiger partial charge is 0.368 e. The van der Waals surface area contributed by atoms with Gasteiger partial charge in [0.2, 0.25) is 0 Å². The fourth-order valence-corrected chi connectivity index (χ4v) is 1.36. The molecule has 68 valence electrons. The molecule has 0 aromatic carbocycles. The van der Waals surface area contributed by atoms with Crippen LogP contribution in [0.4, 0.5) is 0 Å². The molecule has 0 aliphatic carbocycles. The van der Waals surface area contributed by atoms with Gasteiger partial charge >= 0.3 is 0 Å². The maximum Gasteiger partial charge on any atom is 0.151 e. The molecule has 1 unspecified atom stereocenters. The van der Waals surface area contributed by atoms with Crippen LogP contribution in [0.3, 0.4) is 0 Å². The molecule has 2 nitrogen and oxygen atoms in total. The molecule has 0 heterocycles. The zero-order chi connectivity index (χ0) is 8.85. The first kappa shape index (κ1) is 10.9. The van der Waals surface area contributed by atoms with Crippen molar-refractivity contribution in [2.24, 2.45) is 11.8 Å². The van der Waals surface area contributed by atoms with Crippen LogP contribution < -0.4 is 0 Å². The van der Waals surface area contributed by atoms with E-state index in [-0.39, 0.29) is 0 Å². The first-order valence-electron chi connectivity index (χ1n) is 4.38. The third kappa shape index (κ3) is 7.82. The molecule has 2 N–H and O–H groups in total. The highest BCUT2D eigenvalue weighted by molar-refractivity contribution is 4.56. The maximum atomic E-state index is 8.59. The lowest BCUT2D eigenvalue weighted by Crippen LogP contribution is -2.08. The van der Waals surface area contributed by atoms with E-state index in [1.807, 2.05) is 0 Å². The summed E-state index contributed by atoms with van der Waals surface area (Å²) in [4.78, 5) is 0. The highest BCUT2D eigenvalue weighted by Gasteiger charge is 2.06. The summed E-state index contributed by atoms with van der Waals surface area (Å²) in [6, 6.07) is 0. The van der Waals surface area contributed by atoms with Crippen LogP contribution in [0, 0.1) is 11.8 Å². The quantitative estimate of drug-likeness (QED) is 0.602. The van der Waals surface area contributed by atoms with Crippen LogP contribution in [0.1, 0.15) is 40.0 Å². The van der Waals surface area contributed by atoms with Gasteiger partial charge in [-0.25, -0.2) is 0 Å². The van der Waals surface area contributed by atoms with Crippen molar-refractivity contribution in [1.29, 1.82) is 0 Å². The van der Waals surface area contributed by atoms with Crippen molar-refractivity contribution < 1.29 is 10.2 Å². The summed E-state index contributed by atoms with van der Waals surface area (Å²) in [6.45, 7) is 6.53. The highest BCUT2D eigenvalue weighted by atomic mass is 16.5. The molecule has 1 atom stereocenters. The minimum atomic E-state index is -1.12. The highest BCUT2D eigenvalue weighted by Crippen LogP contribution is 2.16. The fourth-order valence-electron chi connectivity index (χ4n) is 1.36. The van der Waals surface area contributed by atoms with Gasteiger partial charge in [0.1, 0.15) is 0 Å². The van der Waals surface area contributed by atoms with Crippen LogP contribution >= 0.6 is 0 Å². The molecule has 0 rings (SSSR count). The third-order valence-corrected chi connectivity index (χ3v) is 1.79. The van der Waals surface area contributed by atoms with Gasteiger partial charge in [0.25, 0.3) is 0 Å². The van der Waals surface area contributed by atoms with E-state index in [2.05, 4.69) is 20.8 Å². The topological polar surface area (TPSA) is 40.5 Å². The monoisotopic (exact) mass is 160 g/mol. The minimum absolute atomic E-state index is 0.508. The van der Waals surface area contributed by atoms with E-state index in [1.165, 1.54) is 6.42 Å². The lowest BCUT2D eigenvalue weighted by atomic mass is 9.95. The first-order chi connectivity index (χ1) is 5.02. The zero-order valence-electron chi connectivity index (χ0n) is 7.75. The second-order valence-electron chi connectivity index (χ2n) is 3.79. The maximum absolute atomic E-state index is 8.59. The van der Waals surface area contributed by atoms with Crippen LogP contribution in [0.25, 0.3) is 0 Å². The summed E-state index contributed by atoms with van der Waals surface area (Å²) in [5, 5.41) is 17.2. The Balaban J connectivity index is 3.29. The Kier molecular flexibility index (Phi) is 5.51. The van der Waals surface area contributed by atoms with Gasteiger partial charge in [-0.15, -0.1) is 0 Å². The van der Waals surface area contributed by atoms with Gasteiger partial charge in [-0.05, 0) is 31.1 Å². The van der Waals surface area contributed by atoms with Crippen molar-refractivity contribution >= 4 is 0 Å². The van der Waals surface area contributed by atoms with Gasteiger partial charge in [0.05, 0.1) is 0 Å². The Morgan fingerprint density at radius 1 is 1.00 bits per heavy atom. The Morgan fingerprint density at radius 2 is 1.55 bits per heavy atom. The number of hydrogen-bond acceptors (Lipinski definition) is 2. The van der Waals surface area contributed by atoms with Crippen LogP contribution in [-0.4, -0.2) is 16.5 Å². The summed E-state index contributed by atoms with van der Waals surface area (Å²) >= 11 is 0. The Hall–Kier alpha value is -0.0800. The average molecular weight is 160 g/mol. The predicted octanol–water partition coefficient (Wildman–Crippen LogP) is 1.76. The Morgan fingerprint density at radius 3 is 1.91 bits per heavy atom. The smallest absolute Gasteiger partial charge is 0.151 e. The third-order valence-electron chi connectivity index (χ3n) is 1.79. The van der Waals surface area contributed by atoms with Gasteiger partial charge in [0, 0.05) is 0 Å². The van der Waals surface area contributed by atoms with E-state index in [0.717, 1.165) is 6.42 Å². The van der Waals surface area contributed by atoms with Crippen LogP contribution in [0.5, 0.6) is 0 Å². The molecular formula is C9H20O2. The molecule has 0 saturated carbocycles. The molecule has 2 heteroatoms. The van der Waals surface area contributed by atoms with Crippen LogP contribution in [-0.2, 0) is 0 Å². The van der Waals surface area contributed by atoms with E-state index in [9.17, 15) is 0 Å². The van der Waals surface area contributed by atoms with Gasteiger partial charge in [-0.2, -0.15) is 0 Å². The van der Waals surface area contributed by atoms with Gasteiger partial charge in [-0.1, -0.05) is 20.8 Å². The molecule has 0 aromatic heterocycles. The first-order valence-corrected chi connectivity index (χ1v) is 4.38. The molecule has 0 fully saturated rings. The van der Waals surface area contributed by atoms with Crippen molar-refractivity contribution in [1.82, 2.24) is 0 Å². The molecule has 0 saturated heterocycles. The average Bonchev–Trinajstić information content (AvgIpc) is 1.82. The van der Waals surface area contributed by atoms with Gasteiger partial charge in [0.15, 0.2) is 6.29 Å². The second kappa shape index (κ2) is 5.56. The number of rotatable bonds is 5. The van der Waals surface area contributed by atoms with E-state index >= 15 is 0 Å². The molecule has 0 aromatic rings. The number of aliphatic hydroxyl groups is 2. The molecular weight excluding hydrogens is 140 g/mol. The summed E-state index contributed by atoms with van der Waals surface area (Å²) in [5.41, 5.74) is 0. The van der Waals surface area contributed by atoms with E-state index in [1.54, 1.807) is 0 Å². The molecule has 0 bridgehead atoms. The lowest BCUT2D eigenvalue weighted by Gasteiger charge is -2.13. The molecule has 11 heavy (non-hydrogen) atoms. The standard InChI is InChI=1S/C9H20O2/c1-7(2)6-8(3)4-5-9(10)11/h7-11H,4-6H2,1-3H3. The summed E-state index contributed by atoms with van der Waals surface area (Å²) in [5.74, 6) is 1.32. The number of aliphatic hydroxyl groups excluding tert-OH is 1. The van der Waals surface area contributed by atoms with Crippen molar-refractivity contribution in [3.63, 3.8) is 0 Å². The fraction of sp³-hybridized carbons (Fsp3) is 1.00. The van der Waals surface area contributed by atoms with Gasteiger partial charge in [-0.3, -0.25) is 0 Å². The van der Waals surface area contributed by atoms with Gasteiger partial charge < -0.3 is 10.2 Å². The normalized spacial score (nSPS) is 14.5. The van der Waals surface area contributed by atoms with E-state index < -0.39 is 6.29 Å².